The Kier molecular flexibility index (Phi) is 4.51. The maximum absolute atomic E-state index is 2.69. The summed E-state index contributed by atoms with van der Waals surface area (Å²) in [5.41, 5.74) is 17.2. The molecule has 0 aliphatic carbocycles. The molecule has 0 bridgehead atoms. The van der Waals surface area contributed by atoms with Gasteiger partial charge in [-0.25, -0.2) is 0 Å². The van der Waals surface area contributed by atoms with Crippen molar-refractivity contribution in [2.45, 2.75) is 19.3 Å². The molecule has 0 unspecified atom stereocenters. The van der Waals surface area contributed by atoms with Crippen LogP contribution in [-0.2, 0) is 5.41 Å². The number of para-hydroxylation sites is 3. The van der Waals surface area contributed by atoms with Gasteiger partial charge in [0.05, 0.1) is 11.0 Å². The summed E-state index contributed by atoms with van der Waals surface area (Å²) in [5, 5.41) is 5.20. The largest absolute Gasteiger partial charge is 0.376 e. The Hall–Kier alpha value is -5.54. The van der Waals surface area contributed by atoms with Crippen molar-refractivity contribution in [2.75, 3.05) is 4.81 Å². The molecule has 3 aliphatic rings. The normalized spacial score (nSPS) is 14.8. The quantitative estimate of drug-likeness (QED) is 0.175. The number of fused-ring (bicyclic) bond motifs is 11. The summed E-state index contributed by atoms with van der Waals surface area (Å²) in [7, 11) is 0. The summed E-state index contributed by atoms with van der Waals surface area (Å²) in [5.74, 6) is 0. The first-order valence-corrected chi connectivity index (χ1v) is 16.3. The van der Waals surface area contributed by atoms with Gasteiger partial charge in [0.1, 0.15) is 0 Å². The number of hydrogen-bond donors (Lipinski definition) is 0. The zero-order valence-electron chi connectivity index (χ0n) is 25.8. The van der Waals surface area contributed by atoms with E-state index >= 15 is 0 Å². The molecule has 2 nitrogen and oxygen atoms in total. The first-order valence-electron chi connectivity index (χ1n) is 16.3. The number of benzene rings is 7. The molecule has 7 aromatic carbocycles. The van der Waals surface area contributed by atoms with Crippen LogP contribution < -0.4 is 15.7 Å². The lowest BCUT2D eigenvalue weighted by atomic mass is 9.43. The fourth-order valence-electron chi connectivity index (χ4n) is 9.14. The fourth-order valence-corrected chi connectivity index (χ4v) is 9.14. The fraction of sp³-hybridized carbons (Fsp3) is 0.0698. The van der Waals surface area contributed by atoms with Crippen LogP contribution in [0, 0.1) is 0 Å². The minimum absolute atomic E-state index is 0.0486. The van der Waals surface area contributed by atoms with Gasteiger partial charge in [-0.1, -0.05) is 135 Å². The first kappa shape index (κ1) is 24.7. The minimum atomic E-state index is -0.121. The molecule has 46 heavy (non-hydrogen) atoms. The average molecular weight is 585 g/mol. The predicted octanol–water partition coefficient (Wildman–Crippen LogP) is 9.48. The molecule has 1 aromatic heterocycles. The second-order valence-corrected chi connectivity index (χ2v) is 13.7. The Morgan fingerprint density at radius 1 is 0.522 bits per heavy atom. The van der Waals surface area contributed by atoms with Crippen LogP contribution in [0.25, 0.3) is 60.5 Å². The molecule has 8 aromatic rings. The van der Waals surface area contributed by atoms with Gasteiger partial charge in [-0.3, -0.25) is 0 Å². The summed E-state index contributed by atoms with van der Waals surface area (Å²) in [6.07, 6.45) is 0. The SMILES string of the molecule is CC1(C)c2ccccc2N2B3c4c(cc(-c5ccccc5)cc4-n4c5c3cccc5c3ccc5ccccc5c34)-c3cccc1c32. The molecule has 3 aliphatic heterocycles. The molecule has 214 valence electrons. The van der Waals surface area contributed by atoms with Crippen LogP contribution in [0.3, 0.4) is 0 Å². The van der Waals surface area contributed by atoms with Crippen LogP contribution in [0.5, 0.6) is 0 Å². The molecule has 0 spiro atoms. The van der Waals surface area contributed by atoms with Gasteiger partial charge < -0.3 is 9.38 Å². The zero-order valence-corrected chi connectivity index (χ0v) is 25.8. The number of anilines is 2. The predicted molar refractivity (Wildman–Crippen MR) is 195 cm³/mol. The van der Waals surface area contributed by atoms with Crippen LogP contribution >= 0.6 is 0 Å². The summed E-state index contributed by atoms with van der Waals surface area (Å²) < 4.78 is 2.61. The van der Waals surface area contributed by atoms with E-state index in [0.717, 1.165) is 0 Å². The van der Waals surface area contributed by atoms with E-state index < -0.39 is 0 Å². The van der Waals surface area contributed by atoms with Crippen LogP contribution in [-0.4, -0.2) is 11.4 Å². The van der Waals surface area contributed by atoms with Gasteiger partial charge in [-0.15, -0.1) is 0 Å². The van der Waals surface area contributed by atoms with E-state index in [1.165, 1.54) is 93.9 Å². The molecule has 0 N–H and O–H groups in total. The van der Waals surface area contributed by atoms with E-state index in [2.05, 4.69) is 163 Å². The topological polar surface area (TPSA) is 8.17 Å². The molecule has 11 rings (SSSR count). The highest BCUT2D eigenvalue weighted by molar-refractivity contribution is 6.93. The Labute approximate surface area is 268 Å². The van der Waals surface area contributed by atoms with Crippen molar-refractivity contribution in [2.24, 2.45) is 0 Å². The van der Waals surface area contributed by atoms with E-state index in [-0.39, 0.29) is 12.3 Å². The van der Waals surface area contributed by atoms with Crippen LogP contribution in [0.4, 0.5) is 11.4 Å². The third-order valence-electron chi connectivity index (χ3n) is 11.1. The van der Waals surface area contributed by atoms with Gasteiger partial charge in [0.25, 0.3) is 0 Å². The van der Waals surface area contributed by atoms with Gasteiger partial charge in [0.2, 0.25) is 0 Å². The molecule has 0 radical (unpaired) electrons. The Morgan fingerprint density at radius 2 is 1.26 bits per heavy atom. The van der Waals surface area contributed by atoms with Crippen molar-refractivity contribution in [3.8, 4) is 27.9 Å². The molecular formula is C43H29BN2. The third kappa shape index (κ3) is 2.86. The Balaban J connectivity index is 1.38. The lowest BCUT2D eigenvalue weighted by Gasteiger charge is -2.49. The molecule has 0 saturated heterocycles. The lowest BCUT2D eigenvalue weighted by Crippen LogP contribution is -2.62. The van der Waals surface area contributed by atoms with E-state index in [4.69, 9.17) is 0 Å². The first-order chi connectivity index (χ1) is 22.6. The number of aromatic nitrogens is 1. The zero-order chi connectivity index (χ0) is 30.3. The lowest BCUT2D eigenvalue weighted by molar-refractivity contribution is 0.634. The molecule has 0 saturated carbocycles. The van der Waals surface area contributed by atoms with Crippen molar-refractivity contribution in [1.29, 1.82) is 0 Å². The summed E-state index contributed by atoms with van der Waals surface area (Å²) in [6, 6.07) is 52.4. The van der Waals surface area contributed by atoms with Gasteiger partial charge in [-0.2, -0.15) is 0 Å². The van der Waals surface area contributed by atoms with Crippen molar-refractivity contribution in [3.63, 3.8) is 0 Å². The average Bonchev–Trinajstić information content (AvgIpc) is 3.45. The van der Waals surface area contributed by atoms with Gasteiger partial charge in [0.15, 0.2) is 0 Å². The summed E-state index contributed by atoms with van der Waals surface area (Å²) in [6.45, 7) is 4.84. The Morgan fingerprint density at radius 3 is 2.17 bits per heavy atom. The number of hydrogen-bond acceptors (Lipinski definition) is 1. The highest BCUT2D eigenvalue weighted by atomic mass is 15.1. The van der Waals surface area contributed by atoms with Gasteiger partial charge in [0, 0.05) is 44.2 Å². The van der Waals surface area contributed by atoms with E-state index in [9.17, 15) is 0 Å². The monoisotopic (exact) mass is 584 g/mol. The van der Waals surface area contributed by atoms with Gasteiger partial charge >= 0.3 is 6.85 Å². The Bertz CT molecular complexity index is 2630. The second kappa shape index (κ2) is 8.38. The minimum Gasteiger partial charge on any atom is -0.376 e. The van der Waals surface area contributed by atoms with Crippen molar-refractivity contribution >= 4 is 61.7 Å². The number of rotatable bonds is 1. The van der Waals surface area contributed by atoms with Crippen molar-refractivity contribution in [3.05, 3.63) is 151 Å². The molecule has 0 atom stereocenters. The van der Waals surface area contributed by atoms with E-state index in [0.29, 0.717) is 0 Å². The van der Waals surface area contributed by atoms with Crippen molar-refractivity contribution < 1.29 is 0 Å². The molecular weight excluding hydrogens is 555 g/mol. The van der Waals surface area contributed by atoms with E-state index in [1.807, 2.05) is 0 Å². The number of nitrogens with zero attached hydrogens (tertiary/aromatic N) is 2. The maximum atomic E-state index is 2.69. The molecule has 0 amide bonds. The van der Waals surface area contributed by atoms with Crippen LogP contribution in [0.2, 0.25) is 0 Å². The van der Waals surface area contributed by atoms with Crippen LogP contribution in [0.1, 0.15) is 25.0 Å². The highest BCUT2D eigenvalue weighted by Gasteiger charge is 2.49. The van der Waals surface area contributed by atoms with Gasteiger partial charge in [-0.05, 0) is 62.3 Å². The maximum Gasteiger partial charge on any atom is 0.333 e. The highest BCUT2D eigenvalue weighted by Crippen LogP contribution is 2.55. The summed E-state index contributed by atoms with van der Waals surface area (Å²) in [4.78, 5) is 2.69. The summed E-state index contributed by atoms with van der Waals surface area (Å²) >= 11 is 0. The third-order valence-corrected chi connectivity index (χ3v) is 11.1. The standard InChI is InChI=1S/C43H29BN2/c1-43(2)34-18-8-9-21-37(34)46-41-31(16-10-19-35(41)43)33-24-28(26-12-4-3-5-13-26)25-38-39(33)44(46)36-20-11-17-30-32-23-22-27-14-6-7-15-29(27)40(32)45(38)42(30)36/h3-25H,1-2H3. The second-order valence-electron chi connectivity index (χ2n) is 13.7. The van der Waals surface area contributed by atoms with Crippen molar-refractivity contribution in [1.82, 2.24) is 4.57 Å². The smallest absolute Gasteiger partial charge is 0.333 e. The molecule has 0 fully saturated rings. The molecule has 4 heterocycles. The van der Waals surface area contributed by atoms with E-state index in [1.54, 1.807) is 0 Å². The van der Waals surface area contributed by atoms with Crippen LogP contribution in [0.15, 0.2) is 140 Å². The molecule has 3 heteroatoms.